The van der Waals surface area contributed by atoms with Gasteiger partial charge < -0.3 is 14.8 Å². The summed E-state index contributed by atoms with van der Waals surface area (Å²) in [6, 6.07) is 6.03. The molecule has 1 fully saturated rings. The number of rotatable bonds is 6. The summed E-state index contributed by atoms with van der Waals surface area (Å²) in [6.45, 7) is 4.30. The van der Waals surface area contributed by atoms with Gasteiger partial charge in [-0.1, -0.05) is 31.9 Å². The van der Waals surface area contributed by atoms with Gasteiger partial charge in [0, 0.05) is 12.1 Å². The van der Waals surface area contributed by atoms with Gasteiger partial charge in [-0.2, -0.15) is 0 Å². The molecule has 3 nitrogen and oxygen atoms in total. The predicted molar refractivity (Wildman–Crippen MR) is 77.8 cm³/mol. The van der Waals surface area contributed by atoms with Crippen LogP contribution < -0.4 is 14.8 Å². The van der Waals surface area contributed by atoms with Crippen LogP contribution in [-0.2, 0) is 6.54 Å². The third-order valence-corrected chi connectivity index (χ3v) is 4.25. The normalized spacial score (nSPS) is 22.5. The molecule has 0 radical (unpaired) electrons. The van der Waals surface area contributed by atoms with Crippen LogP contribution in [0, 0.1) is 11.8 Å². The Bertz CT molecular complexity index is 406. The lowest BCUT2D eigenvalue weighted by Gasteiger charge is -2.17. The van der Waals surface area contributed by atoms with Gasteiger partial charge in [0.2, 0.25) is 0 Å². The lowest BCUT2D eigenvalue weighted by molar-refractivity contribution is 0.348. The molecule has 0 saturated heterocycles. The Kier molecular flexibility index (Phi) is 5.08. The number of nitrogens with one attached hydrogen (secondary N) is 1. The second kappa shape index (κ2) is 6.80. The van der Waals surface area contributed by atoms with Gasteiger partial charge in [-0.15, -0.1) is 0 Å². The van der Waals surface area contributed by atoms with Crippen LogP contribution in [-0.4, -0.2) is 20.8 Å². The van der Waals surface area contributed by atoms with Crippen molar-refractivity contribution in [2.45, 2.75) is 32.7 Å². The minimum atomic E-state index is 0.802. The summed E-state index contributed by atoms with van der Waals surface area (Å²) in [7, 11) is 3.37. The highest BCUT2D eigenvalue weighted by Gasteiger charge is 2.22. The van der Waals surface area contributed by atoms with Crippen molar-refractivity contribution in [3.8, 4) is 11.5 Å². The first-order chi connectivity index (χ1) is 9.26. The molecule has 0 aliphatic heterocycles. The van der Waals surface area contributed by atoms with Gasteiger partial charge in [-0.25, -0.2) is 0 Å². The van der Waals surface area contributed by atoms with Crippen LogP contribution in [0.25, 0.3) is 0 Å². The first kappa shape index (κ1) is 14.2. The fourth-order valence-corrected chi connectivity index (χ4v) is 3.01. The van der Waals surface area contributed by atoms with Crippen LogP contribution in [0.15, 0.2) is 18.2 Å². The lowest BCUT2D eigenvalue weighted by Crippen LogP contribution is -2.24. The molecule has 1 aliphatic rings. The second-order valence-corrected chi connectivity index (χ2v) is 5.45. The molecule has 1 N–H and O–H groups in total. The summed E-state index contributed by atoms with van der Waals surface area (Å²) in [6.07, 6.45) is 4.13. The monoisotopic (exact) mass is 263 g/mol. The van der Waals surface area contributed by atoms with E-state index in [0.29, 0.717) is 0 Å². The Hall–Kier alpha value is -1.22. The maximum Gasteiger partial charge on any atom is 0.165 e. The maximum absolute atomic E-state index is 5.45. The van der Waals surface area contributed by atoms with Gasteiger partial charge in [0.05, 0.1) is 14.2 Å². The number of benzene rings is 1. The first-order valence-electron chi connectivity index (χ1n) is 7.16. The smallest absolute Gasteiger partial charge is 0.165 e. The highest BCUT2D eigenvalue weighted by molar-refractivity contribution is 5.46. The van der Waals surface area contributed by atoms with E-state index in [1.54, 1.807) is 14.2 Å². The van der Waals surface area contributed by atoms with Crippen molar-refractivity contribution in [1.82, 2.24) is 5.32 Å². The maximum atomic E-state index is 5.45. The lowest BCUT2D eigenvalue weighted by atomic mass is 9.98. The Morgan fingerprint density at radius 2 is 2.05 bits per heavy atom. The van der Waals surface area contributed by atoms with Crippen molar-refractivity contribution in [1.29, 1.82) is 0 Å². The first-order valence-corrected chi connectivity index (χ1v) is 7.16. The van der Waals surface area contributed by atoms with Crippen LogP contribution in [0.2, 0.25) is 0 Å². The van der Waals surface area contributed by atoms with Gasteiger partial charge in [0.15, 0.2) is 11.5 Å². The molecule has 0 amide bonds. The van der Waals surface area contributed by atoms with Gasteiger partial charge >= 0.3 is 0 Å². The molecule has 106 valence electrons. The Balaban J connectivity index is 1.92. The van der Waals surface area contributed by atoms with E-state index in [9.17, 15) is 0 Å². The fraction of sp³-hybridized carbons (Fsp3) is 0.625. The molecule has 0 bridgehead atoms. The molecular weight excluding hydrogens is 238 g/mol. The minimum absolute atomic E-state index is 0.802. The standard InChI is InChI=1S/C16H25NO2/c1-12-6-4-7-13(12)10-17-11-14-8-5-9-15(18-2)16(14)19-3/h5,8-9,12-13,17H,4,6-7,10-11H2,1-3H3. The highest BCUT2D eigenvalue weighted by Crippen LogP contribution is 2.32. The van der Waals surface area contributed by atoms with Crippen LogP contribution >= 0.6 is 0 Å². The zero-order valence-electron chi connectivity index (χ0n) is 12.2. The Labute approximate surface area is 116 Å². The molecule has 1 aliphatic carbocycles. The van der Waals surface area contributed by atoms with Crippen molar-refractivity contribution in [3.05, 3.63) is 23.8 Å². The third-order valence-electron chi connectivity index (χ3n) is 4.25. The summed E-state index contributed by atoms with van der Waals surface area (Å²) in [5.74, 6) is 3.34. The highest BCUT2D eigenvalue weighted by atomic mass is 16.5. The van der Waals surface area contributed by atoms with Gasteiger partial charge in [-0.05, 0) is 30.9 Å². The van der Waals surface area contributed by atoms with Crippen molar-refractivity contribution in [3.63, 3.8) is 0 Å². The van der Waals surface area contributed by atoms with E-state index >= 15 is 0 Å². The molecule has 0 aromatic heterocycles. The number of hydrogen-bond donors (Lipinski definition) is 1. The van der Waals surface area contributed by atoms with Crippen molar-refractivity contribution in [2.24, 2.45) is 11.8 Å². The van der Waals surface area contributed by atoms with Crippen LogP contribution in [0.5, 0.6) is 11.5 Å². The Morgan fingerprint density at radius 1 is 1.21 bits per heavy atom. The van der Waals surface area contributed by atoms with Crippen LogP contribution in [0.3, 0.4) is 0 Å². The minimum Gasteiger partial charge on any atom is -0.493 e. The fourth-order valence-electron chi connectivity index (χ4n) is 3.01. The van der Waals surface area contributed by atoms with Gasteiger partial charge in [0.25, 0.3) is 0 Å². The third kappa shape index (κ3) is 3.41. The van der Waals surface area contributed by atoms with E-state index in [-0.39, 0.29) is 0 Å². The number of hydrogen-bond acceptors (Lipinski definition) is 3. The molecule has 0 spiro atoms. The van der Waals surface area contributed by atoms with E-state index in [1.807, 2.05) is 12.1 Å². The summed E-state index contributed by atoms with van der Waals surface area (Å²) in [5, 5.41) is 3.56. The van der Waals surface area contributed by atoms with Crippen LogP contribution in [0.1, 0.15) is 31.7 Å². The van der Waals surface area contributed by atoms with E-state index in [4.69, 9.17) is 9.47 Å². The van der Waals surface area contributed by atoms with Gasteiger partial charge in [0.1, 0.15) is 0 Å². The summed E-state index contributed by atoms with van der Waals surface area (Å²) in [5.41, 5.74) is 1.16. The average Bonchev–Trinajstić information content (AvgIpc) is 2.84. The topological polar surface area (TPSA) is 30.5 Å². The van der Waals surface area contributed by atoms with Gasteiger partial charge in [-0.3, -0.25) is 0 Å². The second-order valence-electron chi connectivity index (χ2n) is 5.45. The SMILES string of the molecule is COc1cccc(CNCC2CCCC2C)c1OC. The molecule has 1 aromatic carbocycles. The van der Waals surface area contributed by atoms with E-state index < -0.39 is 0 Å². The zero-order chi connectivity index (χ0) is 13.7. The predicted octanol–water partition coefficient (Wildman–Crippen LogP) is 3.23. The molecule has 2 rings (SSSR count). The molecule has 1 aromatic rings. The van der Waals surface area contributed by atoms with Crippen molar-refractivity contribution in [2.75, 3.05) is 20.8 Å². The number of ether oxygens (including phenoxy) is 2. The van der Waals surface area contributed by atoms with Crippen molar-refractivity contribution >= 4 is 0 Å². The van der Waals surface area contributed by atoms with Crippen LogP contribution in [0.4, 0.5) is 0 Å². The molecule has 19 heavy (non-hydrogen) atoms. The largest absolute Gasteiger partial charge is 0.493 e. The zero-order valence-corrected chi connectivity index (χ0v) is 12.2. The molecule has 0 heterocycles. The molecule has 3 heteroatoms. The van der Waals surface area contributed by atoms with E-state index in [1.165, 1.54) is 19.3 Å². The summed E-state index contributed by atoms with van der Waals surface area (Å²) in [4.78, 5) is 0. The molecule has 2 atom stereocenters. The number of methoxy groups -OCH3 is 2. The van der Waals surface area contributed by atoms with E-state index in [2.05, 4.69) is 18.3 Å². The summed E-state index contributed by atoms with van der Waals surface area (Å²) < 4.78 is 10.8. The molecule has 1 saturated carbocycles. The Morgan fingerprint density at radius 3 is 2.68 bits per heavy atom. The average molecular weight is 263 g/mol. The molecular formula is C16H25NO2. The van der Waals surface area contributed by atoms with Crippen molar-refractivity contribution < 1.29 is 9.47 Å². The summed E-state index contributed by atoms with van der Waals surface area (Å²) >= 11 is 0. The quantitative estimate of drug-likeness (QED) is 0.854. The molecule has 2 unspecified atom stereocenters. The number of para-hydroxylation sites is 1. The van der Waals surface area contributed by atoms with E-state index in [0.717, 1.165) is 42.0 Å².